The van der Waals surface area contributed by atoms with Gasteiger partial charge in [0, 0.05) is 19.6 Å². The minimum absolute atomic E-state index is 0.171. The topological polar surface area (TPSA) is 49.8 Å². The van der Waals surface area contributed by atoms with Gasteiger partial charge in [-0.3, -0.25) is 9.69 Å². The average Bonchev–Trinajstić information content (AvgIpc) is 2.56. The second-order valence-electron chi connectivity index (χ2n) is 6.36. The van der Waals surface area contributed by atoms with Gasteiger partial charge in [0.25, 0.3) is 0 Å². The van der Waals surface area contributed by atoms with Crippen LogP contribution in [0.2, 0.25) is 0 Å². The molecule has 0 aliphatic carbocycles. The van der Waals surface area contributed by atoms with Crippen molar-refractivity contribution in [3.8, 4) is 5.75 Å². The van der Waals surface area contributed by atoms with Gasteiger partial charge in [-0.1, -0.05) is 30.3 Å². The van der Waals surface area contributed by atoms with Crippen LogP contribution in [0.15, 0.2) is 48.5 Å². The lowest BCUT2D eigenvalue weighted by molar-refractivity contribution is -0.147. The molecule has 1 heterocycles. The van der Waals surface area contributed by atoms with Gasteiger partial charge in [0.05, 0.1) is 11.5 Å². The quantitative estimate of drug-likeness (QED) is 0.846. The Bertz CT molecular complexity index is 768. The first-order valence-corrected chi connectivity index (χ1v) is 8.14. The summed E-state index contributed by atoms with van der Waals surface area (Å²) in [6.07, 6.45) is -4.39. The number of halogens is 3. The summed E-state index contributed by atoms with van der Waals surface area (Å²) < 4.78 is 43.5. The van der Waals surface area contributed by atoms with Crippen molar-refractivity contribution in [2.24, 2.45) is 5.92 Å². The van der Waals surface area contributed by atoms with Crippen LogP contribution in [0.3, 0.4) is 0 Å². The van der Waals surface area contributed by atoms with Gasteiger partial charge >= 0.3 is 12.1 Å². The molecule has 0 atom stereocenters. The van der Waals surface area contributed by atoms with E-state index in [1.807, 2.05) is 29.2 Å². The van der Waals surface area contributed by atoms with Gasteiger partial charge < -0.3 is 9.84 Å². The molecule has 1 fully saturated rings. The van der Waals surface area contributed by atoms with E-state index >= 15 is 0 Å². The van der Waals surface area contributed by atoms with Crippen LogP contribution in [0.4, 0.5) is 13.2 Å². The number of carboxylic acid groups (broad SMARTS) is 1. The van der Waals surface area contributed by atoms with Crippen molar-refractivity contribution in [1.29, 1.82) is 0 Å². The molecule has 2 aromatic carbocycles. The summed E-state index contributed by atoms with van der Waals surface area (Å²) in [5, 5.41) is 8.87. The Kier molecular flexibility index (Phi) is 5.18. The lowest BCUT2D eigenvalue weighted by Gasteiger charge is -2.36. The summed E-state index contributed by atoms with van der Waals surface area (Å²) in [7, 11) is 0. The number of carbonyl (C=O) groups is 1. The first-order valence-electron chi connectivity index (χ1n) is 8.14. The van der Waals surface area contributed by atoms with Crippen LogP contribution in [-0.4, -0.2) is 29.1 Å². The fourth-order valence-corrected chi connectivity index (χ4v) is 2.78. The number of alkyl halides is 3. The Morgan fingerprint density at radius 1 is 1.12 bits per heavy atom. The third kappa shape index (κ3) is 4.54. The van der Waals surface area contributed by atoms with Crippen molar-refractivity contribution in [2.75, 3.05) is 13.1 Å². The highest BCUT2D eigenvalue weighted by Crippen LogP contribution is 2.31. The van der Waals surface area contributed by atoms with Crippen molar-refractivity contribution in [2.45, 2.75) is 19.3 Å². The molecular weight excluding hydrogens is 347 g/mol. The number of rotatable bonds is 6. The molecule has 0 spiro atoms. The van der Waals surface area contributed by atoms with Crippen molar-refractivity contribution < 1.29 is 27.8 Å². The monoisotopic (exact) mass is 365 g/mol. The zero-order valence-corrected chi connectivity index (χ0v) is 13.9. The van der Waals surface area contributed by atoms with Crippen LogP contribution in [0.1, 0.15) is 16.7 Å². The van der Waals surface area contributed by atoms with Crippen LogP contribution in [-0.2, 0) is 24.1 Å². The molecule has 3 rings (SSSR count). The van der Waals surface area contributed by atoms with Crippen molar-refractivity contribution in [1.82, 2.24) is 4.90 Å². The van der Waals surface area contributed by atoms with Gasteiger partial charge in [-0.15, -0.1) is 0 Å². The van der Waals surface area contributed by atoms with E-state index in [4.69, 9.17) is 9.84 Å². The summed E-state index contributed by atoms with van der Waals surface area (Å²) in [4.78, 5) is 12.8. The molecule has 7 heteroatoms. The van der Waals surface area contributed by atoms with Crippen molar-refractivity contribution in [3.63, 3.8) is 0 Å². The van der Waals surface area contributed by atoms with Gasteiger partial charge in [0.1, 0.15) is 12.4 Å². The maximum absolute atomic E-state index is 12.7. The lowest BCUT2D eigenvalue weighted by atomic mass is 9.99. The zero-order valence-electron chi connectivity index (χ0n) is 13.9. The zero-order chi connectivity index (χ0) is 18.7. The summed E-state index contributed by atoms with van der Waals surface area (Å²) in [6.45, 7) is 1.95. The van der Waals surface area contributed by atoms with Crippen molar-refractivity contribution >= 4 is 5.97 Å². The lowest BCUT2D eigenvalue weighted by Crippen LogP contribution is -2.49. The second-order valence-corrected chi connectivity index (χ2v) is 6.36. The number of benzene rings is 2. The van der Waals surface area contributed by atoms with E-state index in [1.165, 1.54) is 12.1 Å². The Labute approximate surface area is 148 Å². The molecule has 2 aromatic rings. The largest absolute Gasteiger partial charge is 0.489 e. The summed E-state index contributed by atoms with van der Waals surface area (Å²) in [5.41, 5.74) is 1.16. The van der Waals surface area contributed by atoms with Crippen molar-refractivity contribution in [3.05, 3.63) is 65.2 Å². The number of hydrogen-bond acceptors (Lipinski definition) is 3. The number of ether oxygens (including phenoxy) is 1. The Hall–Kier alpha value is -2.54. The third-order valence-electron chi connectivity index (χ3n) is 4.30. The van der Waals surface area contributed by atoms with Crippen LogP contribution in [0.25, 0.3) is 0 Å². The van der Waals surface area contributed by atoms with Gasteiger partial charge in [0.15, 0.2) is 0 Å². The molecule has 138 valence electrons. The summed E-state index contributed by atoms with van der Waals surface area (Å²) >= 11 is 0. The fraction of sp³-hybridized carbons (Fsp3) is 0.316. The normalized spacial score (nSPS) is 15.5. The van der Waals surface area contributed by atoms with Crippen LogP contribution in [0.5, 0.6) is 5.75 Å². The summed E-state index contributed by atoms with van der Waals surface area (Å²) in [6, 6.07) is 12.3. The summed E-state index contributed by atoms with van der Waals surface area (Å²) in [5.74, 6) is -0.873. The molecule has 26 heavy (non-hydrogen) atoms. The third-order valence-corrected chi connectivity index (χ3v) is 4.30. The van der Waals surface area contributed by atoms with Gasteiger partial charge in [0.2, 0.25) is 0 Å². The molecule has 1 aliphatic heterocycles. The predicted octanol–water partition coefficient (Wildman–Crippen LogP) is 3.80. The highest BCUT2D eigenvalue weighted by Gasteiger charge is 2.32. The van der Waals surface area contributed by atoms with Gasteiger partial charge in [-0.2, -0.15) is 13.2 Å². The smallest absolute Gasteiger partial charge is 0.416 e. The van der Waals surface area contributed by atoms with Crippen LogP contribution in [0, 0.1) is 5.92 Å². The molecule has 4 nitrogen and oxygen atoms in total. The van der Waals surface area contributed by atoms with Gasteiger partial charge in [-0.05, 0) is 29.3 Å². The molecule has 0 unspecified atom stereocenters. The first kappa shape index (κ1) is 18.3. The molecule has 0 amide bonds. The minimum Gasteiger partial charge on any atom is -0.489 e. The molecule has 0 radical (unpaired) electrons. The van der Waals surface area contributed by atoms with E-state index < -0.39 is 17.7 Å². The molecule has 0 aromatic heterocycles. The van der Waals surface area contributed by atoms with E-state index in [2.05, 4.69) is 0 Å². The Morgan fingerprint density at radius 3 is 2.38 bits per heavy atom. The highest BCUT2D eigenvalue weighted by molar-refractivity contribution is 5.71. The van der Waals surface area contributed by atoms with E-state index in [9.17, 15) is 18.0 Å². The Balaban J connectivity index is 1.51. The predicted molar refractivity (Wildman–Crippen MR) is 88.6 cm³/mol. The molecule has 1 aliphatic rings. The SMILES string of the molecule is O=C(O)C1CN(Cc2ccc(COc3cccc(C(F)(F)F)c3)cc2)C1. The average molecular weight is 365 g/mol. The number of likely N-dealkylation sites (tertiary alicyclic amines) is 1. The molecule has 1 saturated heterocycles. The number of aliphatic carboxylic acids is 1. The van der Waals surface area contributed by atoms with E-state index in [-0.39, 0.29) is 18.3 Å². The number of carboxylic acids is 1. The maximum Gasteiger partial charge on any atom is 0.416 e. The molecule has 1 N–H and O–H groups in total. The standard InChI is InChI=1S/C19H18F3NO3/c20-19(21,22)16-2-1-3-17(8-16)26-12-14-6-4-13(5-7-14)9-23-10-15(11-23)18(24)25/h1-8,15H,9-12H2,(H,24,25). The number of nitrogens with zero attached hydrogens (tertiary/aromatic N) is 1. The number of hydrogen-bond donors (Lipinski definition) is 1. The van der Waals surface area contributed by atoms with E-state index in [1.54, 1.807) is 0 Å². The molecule has 0 bridgehead atoms. The van der Waals surface area contributed by atoms with Crippen LogP contribution < -0.4 is 4.74 Å². The maximum atomic E-state index is 12.7. The fourth-order valence-electron chi connectivity index (χ4n) is 2.78. The van der Waals surface area contributed by atoms with E-state index in [0.29, 0.717) is 19.6 Å². The van der Waals surface area contributed by atoms with E-state index in [0.717, 1.165) is 23.3 Å². The highest BCUT2D eigenvalue weighted by atomic mass is 19.4. The Morgan fingerprint density at radius 2 is 1.77 bits per heavy atom. The molecule has 0 saturated carbocycles. The second kappa shape index (κ2) is 7.37. The van der Waals surface area contributed by atoms with Crippen LogP contribution >= 0.6 is 0 Å². The molecular formula is C19H18F3NO3. The first-order chi connectivity index (χ1) is 12.3. The van der Waals surface area contributed by atoms with Gasteiger partial charge in [-0.25, -0.2) is 0 Å². The minimum atomic E-state index is -4.39.